The standard InChI is InChI=1S/C8H3F3N2O/c9-8(10,11)6-2-1-5(4-14)13-7(6)3-12/h1-2,4H. The minimum absolute atomic E-state index is 0.199. The number of carbonyl (C=O) groups is 1. The first-order valence-corrected chi connectivity index (χ1v) is 3.42. The third kappa shape index (κ3) is 1.88. The number of carbonyl (C=O) groups excluding carboxylic acids is 1. The molecule has 3 nitrogen and oxygen atoms in total. The zero-order valence-electron chi connectivity index (χ0n) is 6.67. The Morgan fingerprint density at radius 3 is 2.50 bits per heavy atom. The highest BCUT2D eigenvalue weighted by Gasteiger charge is 2.34. The van der Waals surface area contributed by atoms with Crippen molar-refractivity contribution in [2.75, 3.05) is 0 Å². The van der Waals surface area contributed by atoms with Crippen LogP contribution in [-0.4, -0.2) is 11.3 Å². The zero-order valence-corrected chi connectivity index (χ0v) is 6.67. The second-order valence-electron chi connectivity index (χ2n) is 2.36. The number of hydrogen-bond donors (Lipinski definition) is 0. The number of hydrogen-bond acceptors (Lipinski definition) is 3. The van der Waals surface area contributed by atoms with Crippen LogP contribution < -0.4 is 0 Å². The van der Waals surface area contributed by atoms with Crippen LogP contribution in [0.1, 0.15) is 21.7 Å². The van der Waals surface area contributed by atoms with Crippen LogP contribution in [-0.2, 0) is 6.18 Å². The first-order valence-electron chi connectivity index (χ1n) is 3.42. The molecule has 6 heteroatoms. The van der Waals surface area contributed by atoms with Crippen LogP contribution in [0.4, 0.5) is 13.2 Å². The maximum Gasteiger partial charge on any atom is 0.419 e. The summed E-state index contributed by atoms with van der Waals surface area (Å²) in [6, 6.07) is 2.86. The molecule has 0 unspecified atom stereocenters. The van der Waals surface area contributed by atoms with Gasteiger partial charge in [0.15, 0.2) is 12.0 Å². The topological polar surface area (TPSA) is 53.8 Å². The van der Waals surface area contributed by atoms with Crippen molar-refractivity contribution in [1.82, 2.24) is 4.98 Å². The smallest absolute Gasteiger partial charge is 0.296 e. The molecule has 0 N–H and O–H groups in total. The third-order valence-corrected chi connectivity index (χ3v) is 1.45. The fourth-order valence-corrected chi connectivity index (χ4v) is 0.854. The van der Waals surface area contributed by atoms with Gasteiger partial charge in [-0.2, -0.15) is 18.4 Å². The molecular weight excluding hydrogens is 197 g/mol. The fourth-order valence-electron chi connectivity index (χ4n) is 0.854. The van der Waals surface area contributed by atoms with Crippen molar-refractivity contribution in [1.29, 1.82) is 5.26 Å². The van der Waals surface area contributed by atoms with Crippen molar-refractivity contribution in [2.45, 2.75) is 6.18 Å². The summed E-state index contributed by atoms with van der Waals surface area (Å²) in [6.45, 7) is 0. The van der Waals surface area contributed by atoms with E-state index in [-0.39, 0.29) is 12.0 Å². The Balaban J connectivity index is 3.34. The van der Waals surface area contributed by atoms with Crippen LogP contribution in [0.5, 0.6) is 0 Å². The summed E-state index contributed by atoms with van der Waals surface area (Å²) in [5.41, 5.74) is -2.12. The molecule has 1 rings (SSSR count). The molecule has 1 heterocycles. The average Bonchev–Trinajstić information content (AvgIpc) is 2.15. The maximum atomic E-state index is 12.2. The molecular formula is C8H3F3N2O. The Morgan fingerprint density at radius 2 is 2.07 bits per heavy atom. The summed E-state index contributed by atoms with van der Waals surface area (Å²) in [5, 5.41) is 8.37. The van der Waals surface area contributed by atoms with Crippen molar-refractivity contribution < 1.29 is 18.0 Å². The minimum atomic E-state index is -4.63. The molecule has 0 saturated carbocycles. The van der Waals surface area contributed by atoms with Crippen LogP contribution in [0.2, 0.25) is 0 Å². The predicted molar refractivity (Wildman–Crippen MR) is 39.3 cm³/mol. The maximum absolute atomic E-state index is 12.2. The number of alkyl halides is 3. The van der Waals surface area contributed by atoms with Gasteiger partial charge in [0, 0.05) is 0 Å². The van der Waals surface area contributed by atoms with Crippen LogP contribution >= 0.6 is 0 Å². The lowest BCUT2D eigenvalue weighted by Gasteiger charge is -2.07. The molecule has 1 aromatic rings. The van der Waals surface area contributed by atoms with E-state index < -0.39 is 17.4 Å². The van der Waals surface area contributed by atoms with Crippen molar-refractivity contribution in [3.8, 4) is 6.07 Å². The molecule has 0 saturated heterocycles. The SMILES string of the molecule is N#Cc1nc(C=O)ccc1C(F)(F)F. The van der Waals surface area contributed by atoms with E-state index in [1.807, 2.05) is 0 Å². The number of aromatic nitrogens is 1. The van der Waals surface area contributed by atoms with E-state index in [1.54, 1.807) is 0 Å². The minimum Gasteiger partial charge on any atom is -0.296 e. The van der Waals surface area contributed by atoms with Gasteiger partial charge in [-0.3, -0.25) is 4.79 Å². The van der Waals surface area contributed by atoms with E-state index in [4.69, 9.17) is 5.26 Å². The second-order valence-corrected chi connectivity index (χ2v) is 2.36. The summed E-state index contributed by atoms with van der Waals surface area (Å²) in [6.07, 6.45) is -4.35. The zero-order chi connectivity index (χ0) is 10.8. The lowest BCUT2D eigenvalue weighted by molar-refractivity contribution is -0.138. The Hall–Kier alpha value is -1.90. The van der Waals surface area contributed by atoms with Gasteiger partial charge >= 0.3 is 6.18 Å². The summed E-state index contributed by atoms with van der Waals surface area (Å²) in [4.78, 5) is 13.4. The Bertz CT molecular complexity index is 406. The molecule has 0 aliphatic rings. The molecule has 0 radical (unpaired) electrons. The molecule has 0 amide bonds. The highest BCUT2D eigenvalue weighted by atomic mass is 19.4. The van der Waals surface area contributed by atoms with Crippen LogP contribution in [0.15, 0.2) is 12.1 Å². The molecule has 0 aliphatic heterocycles. The number of nitriles is 1. The van der Waals surface area contributed by atoms with E-state index in [1.165, 1.54) is 6.07 Å². The van der Waals surface area contributed by atoms with Crippen LogP contribution in [0, 0.1) is 11.3 Å². The summed E-state index contributed by atoms with van der Waals surface area (Å²) in [5.74, 6) is 0. The Morgan fingerprint density at radius 1 is 1.43 bits per heavy atom. The van der Waals surface area contributed by atoms with Gasteiger partial charge in [-0.05, 0) is 12.1 Å². The van der Waals surface area contributed by atoms with Crippen LogP contribution in [0.3, 0.4) is 0 Å². The van der Waals surface area contributed by atoms with Gasteiger partial charge in [0.05, 0.1) is 5.56 Å². The third-order valence-electron chi connectivity index (χ3n) is 1.45. The summed E-state index contributed by atoms with van der Waals surface area (Å²) >= 11 is 0. The lowest BCUT2D eigenvalue weighted by Crippen LogP contribution is -2.10. The molecule has 0 aliphatic carbocycles. The van der Waals surface area contributed by atoms with E-state index in [2.05, 4.69) is 4.98 Å². The molecule has 72 valence electrons. The molecule has 0 atom stereocenters. The van der Waals surface area contributed by atoms with Crippen molar-refractivity contribution in [3.05, 3.63) is 29.1 Å². The van der Waals surface area contributed by atoms with Gasteiger partial charge in [0.1, 0.15) is 11.8 Å². The quantitative estimate of drug-likeness (QED) is 0.649. The van der Waals surface area contributed by atoms with Gasteiger partial charge in [-0.25, -0.2) is 4.98 Å². The van der Waals surface area contributed by atoms with Crippen molar-refractivity contribution >= 4 is 6.29 Å². The second kappa shape index (κ2) is 3.46. The average molecular weight is 200 g/mol. The van der Waals surface area contributed by atoms with Gasteiger partial charge in [-0.15, -0.1) is 0 Å². The van der Waals surface area contributed by atoms with E-state index in [0.29, 0.717) is 6.07 Å². The number of halogens is 3. The van der Waals surface area contributed by atoms with E-state index in [9.17, 15) is 18.0 Å². The van der Waals surface area contributed by atoms with Gasteiger partial charge in [-0.1, -0.05) is 0 Å². The molecule has 1 aromatic heterocycles. The van der Waals surface area contributed by atoms with Gasteiger partial charge < -0.3 is 0 Å². The molecule has 0 fully saturated rings. The van der Waals surface area contributed by atoms with Crippen molar-refractivity contribution in [2.24, 2.45) is 0 Å². The number of pyridine rings is 1. The number of aldehydes is 1. The van der Waals surface area contributed by atoms with Crippen molar-refractivity contribution in [3.63, 3.8) is 0 Å². The van der Waals surface area contributed by atoms with E-state index >= 15 is 0 Å². The predicted octanol–water partition coefficient (Wildman–Crippen LogP) is 1.78. The van der Waals surface area contributed by atoms with E-state index in [0.717, 1.165) is 6.07 Å². The first-order chi connectivity index (χ1) is 6.49. The number of rotatable bonds is 1. The fraction of sp³-hybridized carbons (Fsp3) is 0.125. The Kier molecular flexibility index (Phi) is 2.51. The van der Waals surface area contributed by atoms with Crippen LogP contribution in [0.25, 0.3) is 0 Å². The van der Waals surface area contributed by atoms with Gasteiger partial charge in [0.2, 0.25) is 0 Å². The largest absolute Gasteiger partial charge is 0.419 e. The highest BCUT2D eigenvalue weighted by molar-refractivity contribution is 5.72. The van der Waals surface area contributed by atoms with Gasteiger partial charge in [0.25, 0.3) is 0 Å². The summed E-state index contributed by atoms with van der Waals surface area (Å²) in [7, 11) is 0. The summed E-state index contributed by atoms with van der Waals surface area (Å²) < 4.78 is 36.6. The molecule has 0 spiro atoms. The first kappa shape index (κ1) is 10.2. The number of nitrogens with zero attached hydrogens (tertiary/aromatic N) is 2. The molecule has 0 bridgehead atoms. The molecule has 0 aromatic carbocycles. The Labute approximate surface area is 76.8 Å². The lowest BCUT2D eigenvalue weighted by atomic mass is 10.2. The monoisotopic (exact) mass is 200 g/mol. The highest BCUT2D eigenvalue weighted by Crippen LogP contribution is 2.30. The molecule has 14 heavy (non-hydrogen) atoms. The normalized spacial score (nSPS) is 10.7.